The van der Waals surface area contributed by atoms with Gasteiger partial charge in [-0.3, -0.25) is 4.79 Å². The second-order valence-corrected chi connectivity index (χ2v) is 5.14. The highest BCUT2D eigenvalue weighted by atomic mass is 19.1. The van der Waals surface area contributed by atoms with Crippen LogP contribution in [0.2, 0.25) is 0 Å². The van der Waals surface area contributed by atoms with E-state index in [1.165, 1.54) is 0 Å². The van der Waals surface area contributed by atoms with Gasteiger partial charge in [-0.2, -0.15) is 0 Å². The molecule has 0 aliphatic heterocycles. The molecule has 1 atom stereocenters. The van der Waals surface area contributed by atoms with Gasteiger partial charge in [0, 0.05) is 19.1 Å². The number of likely N-dealkylation sites (N-methyl/N-ethyl adjacent to an activating group) is 2. The van der Waals surface area contributed by atoms with Gasteiger partial charge >= 0.3 is 0 Å². The van der Waals surface area contributed by atoms with Crippen LogP contribution in [0.15, 0.2) is 18.2 Å². The van der Waals surface area contributed by atoms with E-state index in [0.717, 1.165) is 6.54 Å². The second kappa shape index (κ2) is 6.66. The van der Waals surface area contributed by atoms with Crippen LogP contribution in [0.4, 0.5) is 4.39 Å². The van der Waals surface area contributed by atoms with Crippen molar-refractivity contribution < 1.29 is 9.18 Å². The summed E-state index contributed by atoms with van der Waals surface area (Å²) in [6.07, 6.45) is 0. The fourth-order valence-electron chi connectivity index (χ4n) is 2.25. The molecule has 0 aromatic heterocycles. The molecule has 1 rings (SSSR count). The third-order valence-electron chi connectivity index (χ3n) is 3.19. The molecule has 1 amide bonds. The zero-order valence-electron chi connectivity index (χ0n) is 12.4. The lowest BCUT2D eigenvalue weighted by Crippen LogP contribution is -2.44. The van der Waals surface area contributed by atoms with E-state index >= 15 is 0 Å². The first-order chi connectivity index (χ1) is 8.88. The van der Waals surface area contributed by atoms with E-state index in [0.29, 0.717) is 12.1 Å². The highest BCUT2D eigenvalue weighted by Crippen LogP contribution is 2.16. The van der Waals surface area contributed by atoms with E-state index in [1.54, 1.807) is 30.0 Å². The molecule has 1 aromatic rings. The Labute approximate surface area is 115 Å². The summed E-state index contributed by atoms with van der Waals surface area (Å²) in [4.78, 5) is 16.2. The second-order valence-electron chi connectivity index (χ2n) is 5.14. The van der Waals surface area contributed by atoms with E-state index in [9.17, 15) is 9.18 Å². The van der Waals surface area contributed by atoms with Crippen LogP contribution in [0.5, 0.6) is 0 Å². The first kappa shape index (κ1) is 15.6. The van der Waals surface area contributed by atoms with Crippen molar-refractivity contribution in [3.63, 3.8) is 0 Å². The minimum absolute atomic E-state index is 0.0485. The van der Waals surface area contributed by atoms with E-state index in [1.807, 2.05) is 32.8 Å². The lowest BCUT2D eigenvalue weighted by molar-refractivity contribution is 0.0674. The predicted octanol–water partition coefficient (Wildman–Crippen LogP) is 2.55. The summed E-state index contributed by atoms with van der Waals surface area (Å²) in [7, 11) is 3.92. The molecule has 1 aromatic carbocycles. The van der Waals surface area contributed by atoms with Crippen LogP contribution in [-0.4, -0.2) is 48.9 Å². The third-order valence-corrected chi connectivity index (χ3v) is 3.19. The van der Waals surface area contributed by atoms with Gasteiger partial charge in [-0.1, -0.05) is 12.1 Å². The number of halogens is 1. The number of benzene rings is 1. The third kappa shape index (κ3) is 3.77. The molecule has 0 spiro atoms. The van der Waals surface area contributed by atoms with Crippen molar-refractivity contribution in [2.75, 3.05) is 27.2 Å². The Morgan fingerprint density at radius 1 is 1.37 bits per heavy atom. The van der Waals surface area contributed by atoms with Gasteiger partial charge in [-0.25, -0.2) is 4.39 Å². The van der Waals surface area contributed by atoms with Crippen LogP contribution in [0.3, 0.4) is 0 Å². The Morgan fingerprint density at radius 3 is 2.53 bits per heavy atom. The molecule has 106 valence electrons. The molecule has 0 heterocycles. The summed E-state index contributed by atoms with van der Waals surface area (Å²) in [5, 5.41) is 0. The number of carbonyl (C=O) groups is 1. The molecule has 0 N–H and O–H groups in total. The van der Waals surface area contributed by atoms with E-state index in [4.69, 9.17) is 0 Å². The van der Waals surface area contributed by atoms with Crippen molar-refractivity contribution in [1.82, 2.24) is 9.80 Å². The van der Waals surface area contributed by atoms with E-state index < -0.39 is 5.82 Å². The van der Waals surface area contributed by atoms with Crippen LogP contribution in [0.1, 0.15) is 29.8 Å². The number of hydrogen-bond donors (Lipinski definition) is 0. The monoisotopic (exact) mass is 266 g/mol. The summed E-state index contributed by atoms with van der Waals surface area (Å²) >= 11 is 0. The fourth-order valence-corrected chi connectivity index (χ4v) is 2.25. The van der Waals surface area contributed by atoms with Gasteiger partial charge in [0.25, 0.3) is 5.91 Å². The fraction of sp³-hybridized carbons (Fsp3) is 0.533. The zero-order chi connectivity index (χ0) is 14.6. The summed E-state index contributed by atoms with van der Waals surface area (Å²) in [5.41, 5.74) is 0.662. The van der Waals surface area contributed by atoms with Gasteiger partial charge in [-0.05, 0) is 46.5 Å². The summed E-state index contributed by atoms with van der Waals surface area (Å²) < 4.78 is 14.0. The van der Waals surface area contributed by atoms with Gasteiger partial charge < -0.3 is 9.80 Å². The molecule has 0 aliphatic rings. The summed E-state index contributed by atoms with van der Waals surface area (Å²) in [6, 6.07) is 4.99. The van der Waals surface area contributed by atoms with Crippen LogP contribution in [0, 0.1) is 12.7 Å². The molecule has 1 unspecified atom stereocenters. The normalized spacial score (nSPS) is 12.6. The van der Waals surface area contributed by atoms with Gasteiger partial charge in [-0.15, -0.1) is 0 Å². The van der Waals surface area contributed by atoms with Gasteiger partial charge in [0.15, 0.2) is 0 Å². The molecule has 19 heavy (non-hydrogen) atoms. The number of amides is 1. The molecule has 0 bridgehead atoms. The predicted molar refractivity (Wildman–Crippen MR) is 75.9 cm³/mol. The summed E-state index contributed by atoms with van der Waals surface area (Å²) in [6.45, 7) is 6.90. The van der Waals surface area contributed by atoms with Gasteiger partial charge in [0.05, 0.1) is 5.56 Å². The quantitative estimate of drug-likeness (QED) is 0.817. The molecule has 4 heteroatoms. The first-order valence-corrected chi connectivity index (χ1v) is 6.59. The van der Waals surface area contributed by atoms with Crippen LogP contribution in [-0.2, 0) is 0 Å². The summed E-state index contributed by atoms with van der Waals surface area (Å²) in [5.74, 6) is -0.652. The molecule has 3 nitrogen and oxygen atoms in total. The standard InChI is InChI=1S/C15H23FN2O/c1-6-18(12(3)10-17(4)5)15(19)13-9-7-8-11(2)14(13)16/h7-9,12H,6,10H2,1-5H3. The molecule has 0 aliphatic carbocycles. The Morgan fingerprint density at radius 2 is 2.00 bits per heavy atom. The number of hydrogen-bond acceptors (Lipinski definition) is 2. The highest BCUT2D eigenvalue weighted by Gasteiger charge is 2.23. The number of aryl methyl sites for hydroxylation is 1. The maximum atomic E-state index is 14.0. The number of rotatable bonds is 5. The topological polar surface area (TPSA) is 23.6 Å². The Kier molecular flexibility index (Phi) is 5.48. The smallest absolute Gasteiger partial charge is 0.257 e. The minimum Gasteiger partial charge on any atom is -0.335 e. The molecule has 0 fully saturated rings. The number of carbonyl (C=O) groups excluding carboxylic acids is 1. The first-order valence-electron chi connectivity index (χ1n) is 6.59. The van der Waals surface area contributed by atoms with Crippen molar-refractivity contribution in [2.45, 2.75) is 26.8 Å². The minimum atomic E-state index is -0.414. The van der Waals surface area contributed by atoms with E-state index in [2.05, 4.69) is 0 Å². The SMILES string of the molecule is CCN(C(=O)c1cccc(C)c1F)C(C)CN(C)C. The highest BCUT2D eigenvalue weighted by molar-refractivity contribution is 5.94. The Hall–Kier alpha value is -1.42. The van der Waals surface area contributed by atoms with Crippen LogP contribution >= 0.6 is 0 Å². The van der Waals surface area contributed by atoms with E-state index in [-0.39, 0.29) is 17.5 Å². The van der Waals surface area contributed by atoms with Crippen molar-refractivity contribution in [2.24, 2.45) is 0 Å². The average molecular weight is 266 g/mol. The lowest BCUT2D eigenvalue weighted by Gasteiger charge is -2.30. The Balaban J connectivity index is 2.98. The number of nitrogens with zero attached hydrogens (tertiary/aromatic N) is 2. The molecule has 0 radical (unpaired) electrons. The maximum absolute atomic E-state index is 14.0. The largest absolute Gasteiger partial charge is 0.335 e. The van der Waals surface area contributed by atoms with Crippen molar-refractivity contribution >= 4 is 5.91 Å². The van der Waals surface area contributed by atoms with Crippen molar-refractivity contribution in [3.8, 4) is 0 Å². The molecular formula is C15H23FN2O. The van der Waals surface area contributed by atoms with Gasteiger partial charge in [0.2, 0.25) is 0 Å². The molecular weight excluding hydrogens is 243 g/mol. The zero-order valence-corrected chi connectivity index (χ0v) is 12.4. The van der Waals surface area contributed by atoms with Crippen LogP contribution < -0.4 is 0 Å². The average Bonchev–Trinajstić information content (AvgIpc) is 2.32. The lowest BCUT2D eigenvalue weighted by atomic mass is 10.1. The van der Waals surface area contributed by atoms with Crippen molar-refractivity contribution in [1.29, 1.82) is 0 Å². The van der Waals surface area contributed by atoms with Gasteiger partial charge in [0.1, 0.15) is 5.82 Å². The van der Waals surface area contributed by atoms with Crippen molar-refractivity contribution in [3.05, 3.63) is 35.1 Å². The molecule has 0 saturated heterocycles. The Bertz CT molecular complexity index is 446. The maximum Gasteiger partial charge on any atom is 0.257 e. The van der Waals surface area contributed by atoms with Crippen LogP contribution in [0.25, 0.3) is 0 Å². The molecule has 0 saturated carbocycles.